The van der Waals surface area contributed by atoms with Crippen LogP contribution in [-0.4, -0.2) is 39.8 Å². The van der Waals surface area contributed by atoms with Crippen LogP contribution in [0, 0.1) is 0 Å². The molecule has 0 unspecified atom stereocenters. The molecule has 3 aromatic rings. The van der Waals surface area contributed by atoms with Gasteiger partial charge in [0.15, 0.2) is 11.6 Å². The first kappa shape index (κ1) is 16.0. The second kappa shape index (κ2) is 7.16. The fourth-order valence-electron chi connectivity index (χ4n) is 2.86. The smallest absolute Gasteiger partial charge is 0.203 e. The van der Waals surface area contributed by atoms with Crippen LogP contribution in [0.3, 0.4) is 0 Å². The van der Waals surface area contributed by atoms with E-state index in [1.807, 2.05) is 12.1 Å². The number of fused-ring (bicyclic) bond motifs is 1. The molecule has 0 spiro atoms. The SMILES string of the molecule is Nc1nnc(CCNc2nc(-c3ccco3)nc3c2CCNCC3)s1. The summed E-state index contributed by atoms with van der Waals surface area (Å²) in [5.41, 5.74) is 7.89. The molecule has 8 nitrogen and oxygen atoms in total. The number of nitrogens with two attached hydrogens (primary N) is 1. The van der Waals surface area contributed by atoms with Gasteiger partial charge in [-0.2, -0.15) is 0 Å². The second-order valence-electron chi connectivity index (χ2n) is 5.76. The Morgan fingerprint density at radius 2 is 2.16 bits per heavy atom. The molecule has 25 heavy (non-hydrogen) atoms. The van der Waals surface area contributed by atoms with E-state index >= 15 is 0 Å². The lowest BCUT2D eigenvalue weighted by Crippen LogP contribution is -2.16. The molecule has 1 aliphatic rings. The third-order valence-corrected chi connectivity index (χ3v) is 4.85. The summed E-state index contributed by atoms with van der Waals surface area (Å²) in [4.78, 5) is 9.43. The van der Waals surface area contributed by atoms with Crippen LogP contribution in [0.2, 0.25) is 0 Å². The minimum Gasteiger partial charge on any atom is -0.461 e. The number of rotatable bonds is 5. The zero-order valence-electron chi connectivity index (χ0n) is 13.7. The van der Waals surface area contributed by atoms with E-state index in [9.17, 15) is 0 Å². The van der Waals surface area contributed by atoms with Gasteiger partial charge < -0.3 is 20.8 Å². The molecule has 0 aromatic carbocycles. The van der Waals surface area contributed by atoms with Gasteiger partial charge in [-0.25, -0.2) is 9.97 Å². The van der Waals surface area contributed by atoms with E-state index in [-0.39, 0.29) is 0 Å². The first-order valence-corrected chi connectivity index (χ1v) is 9.07. The molecule has 130 valence electrons. The van der Waals surface area contributed by atoms with Gasteiger partial charge in [-0.3, -0.25) is 0 Å². The number of anilines is 2. The Labute approximate surface area is 148 Å². The molecule has 9 heteroatoms. The van der Waals surface area contributed by atoms with Crippen LogP contribution >= 0.6 is 11.3 Å². The highest BCUT2D eigenvalue weighted by Crippen LogP contribution is 2.25. The summed E-state index contributed by atoms with van der Waals surface area (Å²) in [6.07, 6.45) is 4.18. The number of hydrogen-bond acceptors (Lipinski definition) is 9. The molecular formula is C16H19N7OS. The molecule has 3 aromatic heterocycles. The lowest BCUT2D eigenvalue weighted by molar-refractivity contribution is 0.576. The third kappa shape index (κ3) is 3.62. The molecule has 4 N–H and O–H groups in total. The van der Waals surface area contributed by atoms with Crippen LogP contribution in [0.1, 0.15) is 16.3 Å². The van der Waals surface area contributed by atoms with E-state index in [4.69, 9.17) is 20.1 Å². The molecule has 4 rings (SSSR count). The van der Waals surface area contributed by atoms with Crippen LogP contribution in [0.25, 0.3) is 11.6 Å². The molecule has 0 radical (unpaired) electrons. The highest BCUT2D eigenvalue weighted by molar-refractivity contribution is 7.15. The average molecular weight is 357 g/mol. The number of nitrogens with zero attached hydrogens (tertiary/aromatic N) is 4. The second-order valence-corrected chi connectivity index (χ2v) is 6.85. The van der Waals surface area contributed by atoms with Gasteiger partial charge in [0.2, 0.25) is 5.13 Å². The van der Waals surface area contributed by atoms with E-state index in [2.05, 4.69) is 20.8 Å². The van der Waals surface area contributed by atoms with E-state index < -0.39 is 0 Å². The first-order chi connectivity index (χ1) is 12.3. The van der Waals surface area contributed by atoms with Crippen LogP contribution in [0.5, 0.6) is 0 Å². The normalized spacial score (nSPS) is 14.1. The van der Waals surface area contributed by atoms with Crippen LogP contribution in [0.4, 0.5) is 10.9 Å². The summed E-state index contributed by atoms with van der Waals surface area (Å²) in [5, 5.41) is 16.2. The number of nitrogen functional groups attached to an aromatic ring is 1. The monoisotopic (exact) mass is 357 g/mol. The summed E-state index contributed by atoms with van der Waals surface area (Å²) in [6.45, 7) is 2.56. The Hall–Kier alpha value is -2.52. The quantitative estimate of drug-likeness (QED) is 0.629. The van der Waals surface area contributed by atoms with Crippen molar-refractivity contribution < 1.29 is 4.42 Å². The maximum absolute atomic E-state index is 5.63. The Morgan fingerprint density at radius 1 is 1.24 bits per heavy atom. The summed E-state index contributed by atoms with van der Waals surface area (Å²) >= 11 is 1.41. The van der Waals surface area contributed by atoms with Crippen molar-refractivity contribution in [3.8, 4) is 11.6 Å². The van der Waals surface area contributed by atoms with Gasteiger partial charge in [-0.15, -0.1) is 10.2 Å². The number of nitrogens with one attached hydrogen (secondary N) is 2. The lowest BCUT2D eigenvalue weighted by Gasteiger charge is -2.13. The van der Waals surface area contributed by atoms with Crippen molar-refractivity contribution in [2.45, 2.75) is 19.3 Å². The van der Waals surface area contributed by atoms with Crippen LogP contribution in [0.15, 0.2) is 22.8 Å². The van der Waals surface area contributed by atoms with Crippen molar-refractivity contribution in [2.24, 2.45) is 0 Å². The van der Waals surface area contributed by atoms with Crippen molar-refractivity contribution in [3.05, 3.63) is 34.7 Å². The maximum atomic E-state index is 5.63. The Kier molecular flexibility index (Phi) is 4.57. The number of aromatic nitrogens is 4. The van der Waals surface area contributed by atoms with E-state index in [1.54, 1.807) is 6.26 Å². The fourth-order valence-corrected chi connectivity index (χ4v) is 3.47. The van der Waals surface area contributed by atoms with Crippen molar-refractivity contribution in [1.82, 2.24) is 25.5 Å². The topological polar surface area (TPSA) is 115 Å². The lowest BCUT2D eigenvalue weighted by atomic mass is 10.1. The summed E-state index contributed by atoms with van der Waals surface area (Å²) < 4.78 is 5.47. The van der Waals surface area contributed by atoms with Crippen LogP contribution in [-0.2, 0) is 19.3 Å². The number of furan rings is 1. The Bertz CT molecular complexity index is 846. The minimum atomic E-state index is 0.497. The van der Waals surface area contributed by atoms with E-state index in [0.717, 1.165) is 48.9 Å². The molecule has 1 aliphatic heterocycles. The van der Waals surface area contributed by atoms with Gasteiger partial charge in [0, 0.05) is 31.5 Å². The van der Waals surface area contributed by atoms with E-state index in [0.29, 0.717) is 23.3 Å². The molecule has 0 aliphatic carbocycles. The van der Waals surface area contributed by atoms with Crippen molar-refractivity contribution >= 4 is 22.3 Å². The highest BCUT2D eigenvalue weighted by Gasteiger charge is 2.18. The van der Waals surface area contributed by atoms with E-state index in [1.165, 1.54) is 16.9 Å². The molecule has 0 atom stereocenters. The average Bonchev–Trinajstić information content (AvgIpc) is 3.22. The Balaban J connectivity index is 1.59. The predicted octanol–water partition coefficient (Wildman–Crippen LogP) is 1.51. The van der Waals surface area contributed by atoms with Gasteiger partial charge in [0.1, 0.15) is 10.8 Å². The largest absolute Gasteiger partial charge is 0.461 e. The maximum Gasteiger partial charge on any atom is 0.203 e. The summed E-state index contributed by atoms with van der Waals surface area (Å²) in [6, 6.07) is 3.73. The van der Waals surface area contributed by atoms with Gasteiger partial charge in [0.05, 0.1) is 12.0 Å². The molecule has 0 bridgehead atoms. The van der Waals surface area contributed by atoms with Gasteiger partial charge >= 0.3 is 0 Å². The molecule has 0 amide bonds. The predicted molar refractivity (Wildman–Crippen MR) is 96.5 cm³/mol. The van der Waals surface area contributed by atoms with Gasteiger partial charge in [-0.05, 0) is 25.1 Å². The van der Waals surface area contributed by atoms with Gasteiger partial charge in [-0.1, -0.05) is 11.3 Å². The Morgan fingerprint density at radius 3 is 2.96 bits per heavy atom. The highest BCUT2D eigenvalue weighted by atomic mass is 32.1. The molecule has 0 saturated heterocycles. The molecular weight excluding hydrogens is 338 g/mol. The summed E-state index contributed by atoms with van der Waals surface area (Å²) in [7, 11) is 0. The number of hydrogen-bond donors (Lipinski definition) is 3. The minimum absolute atomic E-state index is 0.497. The summed E-state index contributed by atoms with van der Waals surface area (Å²) in [5.74, 6) is 2.17. The molecule has 4 heterocycles. The molecule has 0 fully saturated rings. The van der Waals surface area contributed by atoms with Crippen molar-refractivity contribution in [3.63, 3.8) is 0 Å². The standard InChI is InChI=1S/C16H19N7OS/c17-16-23-22-13(25-16)5-8-19-14-10-3-6-18-7-4-11(10)20-15(21-14)12-2-1-9-24-12/h1-2,9,18H,3-8H2,(H2,17,23)(H,19,20,21). The van der Waals surface area contributed by atoms with Crippen LogP contribution < -0.4 is 16.4 Å². The zero-order chi connectivity index (χ0) is 17.1. The van der Waals surface area contributed by atoms with Gasteiger partial charge in [0.25, 0.3) is 0 Å². The fraction of sp³-hybridized carbons (Fsp3) is 0.375. The third-order valence-electron chi connectivity index (χ3n) is 4.04. The zero-order valence-corrected chi connectivity index (χ0v) is 14.5. The first-order valence-electron chi connectivity index (χ1n) is 8.26. The van der Waals surface area contributed by atoms with Crippen molar-refractivity contribution in [1.29, 1.82) is 0 Å². The van der Waals surface area contributed by atoms with Crippen molar-refractivity contribution in [2.75, 3.05) is 30.7 Å². The molecule has 0 saturated carbocycles.